The summed E-state index contributed by atoms with van der Waals surface area (Å²) in [7, 11) is 0. The average Bonchev–Trinajstić information content (AvgIpc) is 3.44. The fraction of sp³-hybridized carbons (Fsp3) is 0.412. The Kier molecular flexibility index (Phi) is 7.73. The van der Waals surface area contributed by atoms with Gasteiger partial charge in [-0.3, -0.25) is 9.59 Å². The molecule has 6 rings (SSSR count). The number of nitrogens with zero attached hydrogens (tertiary/aromatic N) is 1. The van der Waals surface area contributed by atoms with Crippen LogP contribution in [0.5, 0.6) is 0 Å². The zero-order valence-electron chi connectivity index (χ0n) is 23.7. The largest absolute Gasteiger partial charge is 0.416 e. The summed E-state index contributed by atoms with van der Waals surface area (Å²) in [5.74, 6) is -1.10. The maximum atomic E-state index is 14.1. The number of aryl methyl sites for hydroxylation is 2. The van der Waals surface area contributed by atoms with Crippen LogP contribution in [0.25, 0.3) is 0 Å². The van der Waals surface area contributed by atoms with Gasteiger partial charge in [0.2, 0.25) is 5.91 Å². The number of piperidine rings is 1. The van der Waals surface area contributed by atoms with Crippen LogP contribution < -0.4 is 10.6 Å². The van der Waals surface area contributed by atoms with Crippen LogP contribution in [0.15, 0.2) is 66.7 Å². The minimum atomic E-state index is -4.52. The first-order chi connectivity index (χ1) is 20.2. The number of nitrogens with one attached hydrogen (secondary N) is 2. The zero-order valence-corrected chi connectivity index (χ0v) is 23.7. The molecule has 220 valence electrons. The second-order valence-electron chi connectivity index (χ2n) is 12.0. The Morgan fingerprint density at radius 2 is 1.60 bits per heavy atom. The number of hydrogen-bond donors (Lipinski definition) is 2. The van der Waals surface area contributed by atoms with Crippen molar-refractivity contribution in [1.82, 2.24) is 4.90 Å². The number of amides is 2. The van der Waals surface area contributed by atoms with E-state index in [9.17, 15) is 22.8 Å². The van der Waals surface area contributed by atoms with Crippen molar-refractivity contribution in [2.24, 2.45) is 5.92 Å². The predicted molar refractivity (Wildman–Crippen MR) is 157 cm³/mol. The predicted octanol–water partition coefficient (Wildman–Crippen LogP) is 7.92. The van der Waals surface area contributed by atoms with Gasteiger partial charge in [-0.1, -0.05) is 49.2 Å². The lowest BCUT2D eigenvalue weighted by molar-refractivity contribution is -0.138. The van der Waals surface area contributed by atoms with Crippen LogP contribution in [-0.2, 0) is 17.4 Å². The molecule has 0 radical (unpaired) electrons. The van der Waals surface area contributed by atoms with Crippen molar-refractivity contribution in [3.8, 4) is 0 Å². The normalized spacial score (nSPS) is 22.7. The van der Waals surface area contributed by atoms with Gasteiger partial charge in [-0.05, 0) is 92.5 Å². The van der Waals surface area contributed by atoms with Crippen LogP contribution in [0, 0.1) is 12.8 Å². The standard InChI is InChI=1S/C34H36F3N3O2/c1-21-10-14-26(20-30(21)34(35,36)37)39-32(41)29-19-18-27-17-13-22-6-2-5-9-28(22)33(42)40(27)31(29)23-11-15-25(16-12-23)38-24-7-3-4-8-24/h2,5-6,9-12,14-16,20,24,27,29,31,38H,3-4,7-8,13,17-19H2,1H3,(H,39,41)/t27?,29-,31-/m1/s1. The van der Waals surface area contributed by atoms with Crippen LogP contribution in [-0.4, -0.2) is 28.8 Å². The van der Waals surface area contributed by atoms with E-state index >= 15 is 0 Å². The third-order valence-corrected chi connectivity index (χ3v) is 9.24. The smallest absolute Gasteiger partial charge is 0.382 e. The molecule has 2 aliphatic heterocycles. The summed E-state index contributed by atoms with van der Waals surface area (Å²) >= 11 is 0. The number of carbonyl (C=O) groups excluding carboxylic acids is 2. The summed E-state index contributed by atoms with van der Waals surface area (Å²) in [6.07, 6.45) is 2.96. The number of halogens is 3. The minimum Gasteiger partial charge on any atom is -0.382 e. The summed E-state index contributed by atoms with van der Waals surface area (Å²) in [6.45, 7) is 1.40. The highest BCUT2D eigenvalue weighted by molar-refractivity contribution is 5.98. The molecular weight excluding hydrogens is 539 g/mol. The first-order valence-electron chi connectivity index (χ1n) is 14.9. The van der Waals surface area contributed by atoms with Crippen LogP contribution in [0.4, 0.5) is 24.5 Å². The van der Waals surface area contributed by atoms with Crippen molar-refractivity contribution in [3.05, 3.63) is 94.5 Å². The van der Waals surface area contributed by atoms with Crippen LogP contribution >= 0.6 is 0 Å². The topological polar surface area (TPSA) is 61.4 Å². The van der Waals surface area contributed by atoms with Crippen LogP contribution in [0.2, 0.25) is 0 Å². The molecule has 42 heavy (non-hydrogen) atoms. The van der Waals surface area contributed by atoms with Crippen molar-refractivity contribution < 1.29 is 22.8 Å². The molecule has 5 nitrogen and oxygen atoms in total. The van der Waals surface area contributed by atoms with Crippen LogP contribution in [0.1, 0.15) is 83.6 Å². The van der Waals surface area contributed by atoms with Gasteiger partial charge in [0.25, 0.3) is 5.91 Å². The van der Waals surface area contributed by atoms with E-state index in [2.05, 4.69) is 10.6 Å². The molecule has 1 aliphatic carbocycles. The Morgan fingerprint density at radius 1 is 0.881 bits per heavy atom. The summed E-state index contributed by atoms with van der Waals surface area (Å²) in [5.41, 5.74) is 2.94. The maximum absolute atomic E-state index is 14.1. The lowest BCUT2D eigenvalue weighted by atomic mass is 9.80. The van der Waals surface area contributed by atoms with Gasteiger partial charge in [0.05, 0.1) is 17.5 Å². The molecule has 3 aliphatic rings. The highest BCUT2D eigenvalue weighted by Crippen LogP contribution is 2.44. The van der Waals surface area contributed by atoms with Crippen molar-refractivity contribution in [2.45, 2.75) is 82.6 Å². The Morgan fingerprint density at radius 3 is 2.33 bits per heavy atom. The molecule has 0 bridgehead atoms. The number of alkyl halides is 3. The molecule has 3 atom stereocenters. The molecule has 2 N–H and O–H groups in total. The average molecular weight is 576 g/mol. The van der Waals surface area contributed by atoms with E-state index in [1.54, 1.807) is 0 Å². The maximum Gasteiger partial charge on any atom is 0.416 e. The molecule has 8 heteroatoms. The molecule has 2 fully saturated rings. The number of anilines is 2. The van der Waals surface area contributed by atoms with E-state index in [1.807, 2.05) is 53.4 Å². The third-order valence-electron chi connectivity index (χ3n) is 9.24. The number of hydrogen-bond acceptors (Lipinski definition) is 3. The summed E-state index contributed by atoms with van der Waals surface area (Å²) < 4.78 is 40.8. The molecule has 2 amide bonds. The second-order valence-corrected chi connectivity index (χ2v) is 12.0. The molecule has 3 aromatic carbocycles. The van der Waals surface area contributed by atoms with E-state index in [-0.39, 0.29) is 29.1 Å². The van der Waals surface area contributed by atoms with Crippen molar-refractivity contribution in [1.29, 1.82) is 0 Å². The van der Waals surface area contributed by atoms with Gasteiger partial charge in [0, 0.05) is 29.0 Å². The Bertz CT molecular complexity index is 1460. The Balaban J connectivity index is 1.34. The van der Waals surface area contributed by atoms with Crippen molar-refractivity contribution in [2.75, 3.05) is 10.6 Å². The van der Waals surface area contributed by atoms with Crippen molar-refractivity contribution in [3.63, 3.8) is 0 Å². The molecule has 0 spiro atoms. The monoisotopic (exact) mass is 575 g/mol. The van der Waals surface area contributed by atoms with E-state index in [1.165, 1.54) is 31.9 Å². The van der Waals surface area contributed by atoms with Gasteiger partial charge < -0.3 is 15.5 Å². The SMILES string of the molecule is Cc1ccc(NC(=O)[C@@H]2CCC3CCc4ccccc4C(=O)N3[C@@H]2c2ccc(NC3CCCC3)cc2)cc1C(F)(F)F. The lowest BCUT2D eigenvalue weighted by Gasteiger charge is -2.45. The molecule has 0 aromatic heterocycles. The van der Waals surface area contributed by atoms with Gasteiger partial charge in [0.1, 0.15) is 0 Å². The highest BCUT2D eigenvalue weighted by Gasteiger charge is 2.45. The fourth-order valence-corrected chi connectivity index (χ4v) is 7.06. The molecule has 3 aromatic rings. The van der Waals surface area contributed by atoms with Gasteiger partial charge in [-0.2, -0.15) is 13.2 Å². The molecule has 2 heterocycles. The summed E-state index contributed by atoms with van der Waals surface area (Å²) in [4.78, 5) is 29.9. The molecule has 1 unspecified atom stereocenters. The number of carbonyl (C=O) groups is 2. The molecular formula is C34H36F3N3O2. The first kappa shape index (κ1) is 28.3. The molecule has 1 saturated carbocycles. The van der Waals surface area contributed by atoms with Crippen molar-refractivity contribution >= 4 is 23.2 Å². The molecule has 1 saturated heterocycles. The summed E-state index contributed by atoms with van der Waals surface area (Å²) in [6, 6.07) is 19.4. The quantitative estimate of drug-likeness (QED) is 0.325. The van der Waals surface area contributed by atoms with E-state index in [0.29, 0.717) is 24.4 Å². The zero-order chi connectivity index (χ0) is 29.4. The van der Waals surface area contributed by atoms with E-state index < -0.39 is 23.7 Å². The highest BCUT2D eigenvalue weighted by atomic mass is 19.4. The number of rotatable bonds is 5. The second kappa shape index (κ2) is 11.5. The number of fused-ring (bicyclic) bond motifs is 2. The third kappa shape index (κ3) is 5.63. The van der Waals surface area contributed by atoms with Crippen LogP contribution in [0.3, 0.4) is 0 Å². The summed E-state index contributed by atoms with van der Waals surface area (Å²) in [5, 5.41) is 6.36. The fourth-order valence-electron chi connectivity index (χ4n) is 7.06. The lowest BCUT2D eigenvalue weighted by Crippen LogP contribution is -2.51. The minimum absolute atomic E-state index is 0.0357. The van der Waals surface area contributed by atoms with Gasteiger partial charge in [-0.25, -0.2) is 0 Å². The van der Waals surface area contributed by atoms with E-state index in [0.717, 1.165) is 48.6 Å². The van der Waals surface area contributed by atoms with E-state index in [4.69, 9.17) is 0 Å². The van der Waals surface area contributed by atoms with Gasteiger partial charge in [0.15, 0.2) is 0 Å². The Labute approximate surface area is 244 Å². The Hall–Kier alpha value is -3.81. The first-order valence-corrected chi connectivity index (χ1v) is 14.9. The van der Waals surface area contributed by atoms with Gasteiger partial charge in [-0.15, -0.1) is 0 Å². The van der Waals surface area contributed by atoms with Gasteiger partial charge >= 0.3 is 6.18 Å². The number of benzene rings is 3.